The van der Waals surface area contributed by atoms with Crippen molar-refractivity contribution in [1.82, 2.24) is 19.4 Å². The molecular weight excluding hydrogens is 412 g/mol. The van der Waals surface area contributed by atoms with Gasteiger partial charge in [-0.2, -0.15) is 0 Å². The van der Waals surface area contributed by atoms with Crippen molar-refractivity contribution in [2.45, 2.75) is 39.9 Å². The van der Waals surface area contributed by atoms with Crippen molar-refractivity contribution >= 4 is 23.4 Å². The predicted molar refractivity (Wildman–Crippen MR) is 124 cm³/mol. The predicted octanol–water partition coefficient (Wildman–Crippen LogP) is 4.52. The van der Waals surface area contributed by atoms with Crippen LogP contribution in [0.3, 0.4) is 0 Å². The lowest BCUT2D eigenvalue weighted by Gasteiger charge is -2.22. The van der Waals surface area contributed by atoms with Gasteiger partial charge in [0.25, 0.3) is 0 Å². The van der Waals surface area contributed by atoms with Crippen molar-refractivity contribution in [3.63, 3.8) is 0 Å². The van der Waals surface area contributed by atoms with Gasteiger partial charge in [-0.15, -0.1) is 12.4 Å². The molecule has 0 bridgehead atoms. The largest absolute Gasteiger partial charge is 0.463 e. The summed E-state index contributed by atoms with van der Waals surface area (Å²) >= 11 is 0. The third kappa shape index (κ3) is 5.40. The fourth-order valence-electron chi connectivity index (χ4n) is 3.68. The molecule has 0 saturated heterocycles. The molecule has 0 N–H and O–H groups in total. The standard InChI is InChI=1S/C24H26N4O2.ClH/c1-18-4-5-22-23(29)21(16-30-24(22)19(18)2)15-28(14-20-6-8-25-9-7-20)12-3-11-27-13-10-26-17-27;/h4-10,13,16-17H,3,11-12,14-15H2,1-2H3;1H. The lowest BCUT2D eigenvalue weighted by molar-refractivity contribution is 0.246. The normalized spacial score (nSPS) is 11.1. The summed E-state index contributed by atoms with van der Waals surface area (Å²) in [5, 5.41) is 0.651. The van der Waals surface area contributed by atoms with Crippen molar-refractivity contribution in [1.29, 1.82) is 0 Å². The third-order valence-electron chi connectivity index (χ3n) is 5.53. The molecule has 0 atom stereocenters. The quantitative estimate of drug-likeness (QED) is 0.405. The van der Waals surface area contributed by atoms with Gasteiger partial charge < -0.3 is 8.98 Å². The van der Waals surface area contributed by atoms with Crippen LogP contribution < -0.4 is 5.43 Å². The Hall–Kier alpha value is -2.96. The van der Waals surface area contributed by atoms with E-state index in [4.69, 9.17) is 4.42 Å². The molecule has 1 aromatic carbocycles. The number of halogens is 1. The summed E-state index contributed by atoms with van der Waals surface area (Å²) in [6.07, 6.45) is 11.8. The van der Waals surface area contributed by atoms with Gasteiger partial charge in [-0.25, -0.2) is 4.98 Å². The Morgan fingerprint density at radius 2 is 1.84 bits per heavy atom. The van der Waals surface area contributed by atoms with E-state index < -0.39 is 0 Å². The lowest BCUT2D eigenvalue weighted by atomic mass is 10.0. The number of aromatic nitrogens is 3. The van der Waals surface area contributed by atoms with Crippen molar-refractivity contribution < 1.29 is 4.42 Å². The summed E-state index contributed by atoms with van der Waals surface area (Å²) in [5.74, 6) is 0. The molecule has 162 valence electrons. The second-order valence-corrected chi connectivity index (χ2v) is 7.69. The number of aryl methyl sites for hydroxylation is 3. The first-order valence-corrected chi connectivity index (χ1v) is 10.2. The summed E-state index contributed by atoms with van der Waals surface area (Å²) < 4.78 is 7.97. The van der Waals surface area contributed by atoms with Crippen LogP contribution in [0.2, 0.25) is 0 Å². The van der Waals surface area contributed by atoms with Gasteiger partial charge in [-0.05, 0) is 55.2 Å². The fourth-order valence-corrected chi connectivity index (χ4v) is 3.68. The number of pyridine rings is 1. The van der Waals surface area contributed by atoms with Crippen LogP contribution in [0.1, 0.15) is 28.7 Å². The van der Waals surface area contributed by atoms with Crippen LogP contribution in [-0.4, -0.2) is 26.0 Å². The van der Waals surface area contributed by atoms with Crippen LogP contribution in [0.25, 0.3) is 11.0 Å². The Kier molecular flexibility index (Phi) is 7.60. The molecule has 0 aliphatic rings. The van der Waals surface area contributed by atoms with E-state index in [1.54, 1.807) is 24.9 Å². The van der Waals surface area contributed by atoms with Gasteiger partial charge in [-0.1, -0.05) is 6.07 Å². The van der Waals surface area contributed by atoms with E-state index in [9.17, 15) is 4.79 Å². The Balaban J connectivity index is 0.00000272. The molecule has 0 aliphatic carbocycles. The molecule has 3 aromatic heterocycles. The van der Waals surface area contributed by atoms with Crippen LogP contribution in [0.5, 0.6) is 0 Å². The van der Waals surface area contributed by atoms with Gasteiger partial charge in [0.1, 0.15) is 5.58 Å². The zero-order valence-electron chi connectivity index (χ0n) is 17.8. The third-order valence-corrected chi connectivity index (χ3v) is 5.53. The van der Waals surface area contributed by atoms with Gasteiger partial charge in [-0.3, -0.25) is 14.7 Å². The second-order valence-electron chi connectivity index (χ2n) is 7.69. The van der Waals surface area contributed by atoms with Gasteiger partial charge in [0, 0.05) is 56.5 Å². The SMILES string of the molecule is Cc1ccc2c(=O)c(CN(CCCn3ccnc3)Cc3ccncc3)coc2c1C.Cl. The Labute approximate surface area is 188 Å². The van der Waals surface area contributed by atoms with Crippen LogP contribution in [0.4, 0.5) is 0 Å². The highest BCUT2D eigenvalue weighted by Gasteiger charge is 2.14. The van der Waals surface area contributed by atoms with Gasteiger partial charge in [0.2, 0.25) is 0 Å². The minimum atomic E-state index is 0. The highest BCUT2D eigenvalue weighted by molar-refractivity contribution is 5.85. The molecule has 6 nitrogen and oxygen atoms in total. The monoisotopic (exact) mass is 438 g/mol. The minimum absolute atomic E-state index is 0. The van der Waals surface area contributed by atoms with Gasteiger partial charge >= 0.3 is 0 Å². The molecule has 0 fully saturated rings. The molecule has 31 heavy (non-hydrogen) atoms. The molecule has 0 amide bonds. The first kappa shape index (κ1) is 22.7. The summed E-state index contributed by atoms with van der Waals surface area (Å²) in [6, 6.07) is 7.88. The maximum Gasteiger partial charge on any atom is 0.197 e. The lowest BCUT2D eigenvalue weighted by Crippen LogP contribution is -2.27. The van der Waals surface area contributed by atoms with E-state index in [-0.39, 0.29) is 17.8 Å². The summed E-state index contributed by atoms with van der Waals surface area (Å²) in [4.78, 5) is 23.6. The molecule has 4 rings (SSSR count). The van der Waals surface area contributed by atoms with Crippen molar-refractivity contribution in [3.8, 4) is 0 Å². The van der Waals surface area contributed by atoms with E-state index >= 15 is 0 Å². The Morgan fingerprint density at radius 1 is 1.03 bits per heavy atom. The smallest absolute Gasteiger partial charge is 0.197 e. The zero-order valence-corrected chi connectivity index (χ0v) is 18.6. The highest BCUT2D eigenvalue weighted by Crippen LogP contribution is 2.20. The molecule has 0 spiro atoms. The van der Waals surface area contributed by atoms with E-state index in [2.05, 4.69) is 19.4 Å². The number of rotatable bonds is 8. The number of imidazole rings is 1. The van der Waals surface area contributed by atoms with Crippen molar-refractivity contribution in [2.24, 2.45) is 0 Å². The fraction of sp³-hybridized carbons (Fsp3) is 0.292. The number of benzene rings is 1. The number of hydrogen-bond acceptors (Lipinski definition) is 5. The molecule has 4 aromatic rings. The molecular formula is C24H27ClN4O2. The molecule has 0 aliphatic heterocycles. The Bertz CT molecular complexity index is 1170. The number of nitrogens with zero attached hydrogens (tertiary/aromatic N) is 4. The average Bonchev–Trinajstić information content (AvgIpc) is 3.27. The van der Waals surface area contributed by atoms with Gasteiger partial charge in [0.15, 0.2) is 5.43 Å². The van der Waals surface area contributed by atoms with Crippen LogP contribution >= 0.6 is 12.4 Å². The van der Waals surface area contributed by atoms with Crippen molar-refractivity contribution in [3.05, 3.63) is 94.1 Å². The van der Waals surface area contributed by atoms with Crippen LogP contribution in [0, 0.1) is 13.8 Å². The summed E-state index contributed by atoms with van der Waals surface area (Å²) in [5.41, 5.74) is 4.73. The highest BCUT2D eigenvalue weighted by atomic mass is 35.5. The maximum atomic E-state index is 13.1. The van der Waals surface area contributed by atoms with Crippen molar-refractivity contribution in [2.75, 3.05) is 6.54 Å². The molecule has 0 unspecified atom stereocenters. The number of hydrogen-bond donors (Lipinski definition) is 0. The molecule has 7 heteroatoms. The topological polar surface area (TPSA) is 64.2 Å². The van der Waals surface area contributed by atoms with E-state index in [1.165, 1.54) is 5.56 Å². The summed E-state index contributed by atoms with van der Waals surface area (Å²) in [7, 11) is 0. The molecule has 0 saturated carbocycles. The van der Waals surface area contributed by atoms with Gasteiger partial charge in [0.05, 0.1) is 18.0 Å². The Morgan fingerprint density at radius 3 is 2.58 bits per heavy atom. The van der Waals surface area contributed by atoms with Crippen LogP contribution in [-0.2, 0) is 19.6 Å². The maximum absolute atomic E-state index is 13.1. The first-order valence-electron chi connectivity index (χ1n) is 10.2. The second kappa shape index (κ2) is 10.4. The molecule has 3 heterocycles. The average molecular weight is 439 g/mol. The van der Waals surface area contributed by atoms with E-state index in [1.807, 2.05) is 50.6 Å². The van der Waals surface area contributed by atoms with E-state index in [0.29, 0.717) is 23.1 Å². The summed E-state index contributed by atoms with van der Waals surface area (Å²) in [6.45, 7) is 7.04. The molecule has 0 radical (unpaired) electrons. The van der Waals surface area contributed by atoms with E-state index in [0.717, 1.165) is 37.2 Å². The van der Waals surface area contributed by atoms with Crippen LogP contribution in [0.15, 0.2) is 70.9 Å². The number of fused-ring (bicyclic) bond motifs is 1. The minimum Gasteiger partial charge on any atom is -0.463 e. The zero-order chi connectivity index (χ0) is 20.9. The first-order chi connectivity index (χ1) is 14.6.